The maximum absolute atomic E-state index is 12.4. The summed E-state index contributed by atoms with van der Waals surface area (Å²) in [5.74, 6) is 0.643. The van der Waals surface area contributed by atoms with Gasteiger partial charge >= 0.3 is 0 Å². The normalized spacial score (nSPS) is 13.3. The summed E-state index contributed by atoms with van der Waals surface area (Å²) >= 11 is 1.54. The highest BCUT2D eigenvalue weighted by Crippen LogP contribution is 2.18. The fourth-order valence-corrected chi connectivity index (χ4v) is 3.15. The first kappa shape index (κ1) is 18.1. The lowest BCUT2D eigenvalue weighted by Crippen LogP contribution is -2.23. The highest BCUT2D eigenvalue weighted by Gasteiger charge is 2.15. The average Bonchev–Trinajstić information content (AvgIpc) is 2.67. The van der Waals surface area contributed by atoms with Crippen LogP contribution in [0.5, 0.6) is 0 Å². The van der Waals surface area contributed by atoms with Crippen molar-refractivity contribution in [1.82, 2.24) is 5.32 Å². The molecular weight excluding hydrogens is 348 g/mol. The second-order valence-corrected chi connectivity index (χ2v) is 6.89. The fourth-order valence-electron chi connectivity index (χ4n) is 2.52. The van der Waals surface area contributed by atoms with Crippen molar-refractivity contribution >= 4 is 29.3 Å². The van der Waals surface area contributed by atoms with Gasteiger partial charge in [-0.15, -0.1) is 11.8 Å². The van der Waals surface area contributed by atoms with E-state index in [2.05, 4.69) is 10.6 Å². The predicted molar refractivity (Wildman–Crippen MR) is 104 cm³/mol. The molecule has 2 aromatic rings. The van der Waals surface area contributed by atoms with Gasteiger partial charge in [-0.25, -0.2) is 0 Å². The van der Waals surface area contributed by atoms with Crippen LogP contribution in [0.1, 0.15) is 21.5 Å². The molecule has 6 heteroatoms. The Morgan fingerprint density at radius 3 is 2.73 bits per heavy atom. The van der Waals surface area contributed by atoms with Crippen molar-refractivity contribution in [1.29, 1.82) is 0 Å². The van der Waals surface area contributed by atoms with Gasteiger partial charge in [-0.3, -0.25) is 9.59 Å². The molecule has 0 atom stereocenters. The lowest BCUT2D eigenvalue weighted by molar-refractivity contribution is -0.116. The first-order chi connectivity index (χ1) is 12.6. The van der Waals surface area contributed by atoms with E-state index in [1.165, 1.54) is 0 Å². The standard InChI is InChI=1S/C20H20N2O3S/c1-14-4-2-5-15(10-14)12-21-19(23)16-6-3-7-17(11-16)22-20(24)18-13-26-9-8-25-18/h2-7,10-11,13H,8-9,12H2,1H3,(H,21,23)(H,22,24). The van der Waals surface area contributed by atoms with Gasteiger partial charge in [-0.1, -0.05) is 35.9 Å². The first-order valence-electron chi connectivity index (χ1n) is 8.31. The summed E-state index contributed by atoms with van der Waals surface area (Å²) in [6.07, 6.45) is 0. The van der Waals surface area contributed by atoms with Gasteiger partial charge in [0.05, 0.1) is 6.61 Å². The molecule has 0 radical (unpaired) electrons. The van der Waals surface area contributed by atoms with Crippen LogP contribution in [0.25, 0.3) is 0 Å². The Morgan fingerprint density at radius 1 is 1.12 bits per heavy atom. The molecule has 0 unspecified atom stereocenters. The van der Waals surface area contributed by atoms with E-state index in [0.717, 1.165) is 16.9 Å². The number of amides is 2. The maximum atomic E-state index is 12.4. The Morgan fingerprint density at radius 2 is 1.96 bits per heavy atom. The van der Waals surface area contributed by atoms with Crippen LogP contribution < -0.4 is 10.6 Å². The molecule has 134 valence electrons. The summed E-state index contributed by atoms with van der Waals surface area (Å²) in [5, 5.41) is 7.36. The highest BCUT2D eigenvalue weighted by atomic mass is 32.2. The first-order valence-corrected chi connectivity index (χ1v) is 9.36. The molecule has 0 aromatic heterocycles. The number of rotatable bonds is 5. The van der Waals surface area contributed by atoms with Crippen molar-refractivity contribution in [3.63, 3.8) is 0 Å². The van der Waals surface area contributed by atoms with Crippen LogP contribution in [0.15, 0.2) is 59.7 Å². The van der Waals surface area contributed by atoms with Gasteiger partial charge < -0.3 is 15.4 Å². The third kappa shape index (κ3) is 4.89. The summed E-state index contributed by atoms with van der Waals surface area (Å²) in [6.45, 7) is 2.99. The van der Waals surface area contributed by atoms with Crippen LogP contribution in [0.4, 0.5) is 5.69 Å². The van der Waals surface area contributed by atoms with E-state index in [9.17, 15) is 9.59 Å². The van der Waals surface area contributed by atoms with E-state index in [4.69, 9.17) is 4.74 Å². The van der Waals surface area contributed by atoms with E-state index in [0.29, 0.717) is 30.2 Å². The third-order valence-electron chi connectivity index (χ3n) is 3.79. The summed E-state index contributed by atoms with van der Waals surface area (Å²) in [7, 11) is 0. The lowest BCUT2D eigenvalue weighted by Gasteiger charge is -2.14. The summed E-state index contributed by atoms with van der Waals surface area (Å²) in [6, 6.07) is 14.8. The molecule has 2 aromatic carbocycles. The average molecular weight is 368 g/mol. The molecule has 1 aliphatic rings. The number of carbonyl (C=O) groups is 2. The monoisotopic (exact) mass is 368 g/mol. The van der Waals surface area contributed by atoms with Crippen LogP contribution in [0, 0.1) is 6.92 Å². The zero-order chi connectivity index (χ0) is 18.4. The molecule has 0 saturated carbocycles. The van der Waals surface area contributed by atoms with Crippen molar-refractivity contribution in [2.45, 2.75) is 13.5 Å². The van der Waals surface area contributed by atoms with E-state index in [-0.39, 0.29) is 11.8 Å². The molecule has 2 amide bonds. The van der Waals surface area contributed by atoms with Gasteiger partial charge in [0.25, 0.3) is 11.8 Å². The number of nitrogens with one attached hydrogen (secondary N) is 2. The quantitative estimate of drug-likeness (QED) is 0.848. The van der Waals surface area contributed by atoms with Crippen LogP contribution in [-0.2, 0) is 16.1 Å². The number of aryl methyl sites for hydroxylation is 1. The smallest absolute Gasteiger partial charge is 0.291 e. The lowest BCUT2D eigenvalue weighted by atomic mass is 10.1. The fraction of sp³-hybridized carbons (Fsp3) is 0.200. The second kappa shape index (κ2) is 8.58. The van der Waals surface area contributed by atoms with Gasteiger partial charge in [0.1, 0.15) is 0 Å². The Bertz CT molecular complexity index is 848. The number of carbonyl (C=O) groups excluding carboxylic acids is 2. The molecule has 0 spiro atoms. The predicted octanol–water partition coefficient (Wildman–Crippen LogP) is 3.47. The number of hydrogen-bond donors (Lipinski definition) is 2. The van der Waals surface area contributed by atoms with Gasteiger partial charge in [0, 0.05) is 29.0 Å². The van der Waals surface area contributed by atoms with Gasteiger partial charge in [-0.2, -0.15) is 0 Å². The molecule has 0 fully saturated rings. The summed E-state index contributed by atoms with van der Waals surface area (Å²) in [4.78, 5) is 24.6. The van der Waals surface area contributed by atoms with Crippen LogP contribution in [-0.4, -0.2) is 24.2 Å². The van der Waals surface area contributed by atoms with Gasteiger partial charge in [-0.05, 0) is 30.7 Å². The molecule has 0 aliphatic carbocycles. The second-order valence-electron chi connectivity index (χ2n) is 5.91. The summed E-state index contributed by atoms with van der Waals surface area (Å²) in [5.41, 5.74) is 3.24. The number of ether oxygens (including phenoxy) is 1. The van der Waals surface area contributed by atoms with Crippen molar-refractivity contribution in [2.24, 2.45) is 0 Å². The largest absolute Gasteiger partial charge is 0.487 e. The number of hydrogen-bond acceptors (Lipinski definition) is 4. The minimum absolute atomic E-state index is 0.189. The van der Waals surface area contributed by atoms with Gasteiger partial charge in [0.15, 0.2) is 5.76 Å². The van der Waals surface area contributed by atoms with E-state index in [1.54, 1.807) is 41.4 Å². The number of thioether (sulfide) groups is 1. The molecule has 3 rings (SSSR count). The molecule has 0 saturated heterocycles. The SMILES string of the molecule is Cc1cccc(CNC(=O)c2cccc(NC(=O)C3=CSCCO3)c2)c1. The highest BCUT2D eigenvalue weighted by molar-refractivity contribution is 8.02. The molecule has 1 aliphatic heterocycles. The van der Waals surface area contributed by atoms with E-state index in [1.807, 2.05) is 31.2 Å². The third-order valence-corrected chi connectivity index (χ3v) is 4.57. The molecule has 0 bridgehead atoms. The van der Waals surface area contributed by atoms with Crippen LogP contribution in [0.2, 0.25) is 0 Å². The minimum atomic E-state index is -0.311. The van der Waals surface area contributed by atoms with Gasteiger partial charge in [0.2, 0.25) is 0 Å². The Labute approximate surface area is 156 Å². The number of anilines is 1. The molecular formula is C20H20N2O3S. The Hall–Kier alpha value is -2.73. The van der Waals surface area contributed by atoms with E-state index >= 15 is 0 Å². The molecule has 2 N–H and O–H groups in total. The topological polar surface area (TPSA) is 67.4 Å². The summed E-state index contributed by atoms with van der Waals surface area (Å²) < 4.78 is 5.34. The molecule has 5 nitrogen and oxygen atoms in total. The zero-order valence-electron chi connectivity index (χ0n) is 14.5. The van der Waals surface area contributed by atoms with Crippen LogP contribution in [0.3, 0.4) is 0 Å². The minimum Gasteiger partial charge on any atom is -0.487 e. The Balaban J connectivity index is 1.61. The van der Waals surface area contributed by atoms with Crippen molar-refractivity contribution in [3.05, 3.63) is 76.4 Å². The number of benzene rings is 2. The zero-order valence-corrected chi connectivity index (χ0v) is 15.3. The van der Waals surface area contributed by atoms with Crippen molar-refractivity contribution in [3.8, 4) is 0 Å². The molecule has 26 heavy (non-hydrogen) atoms. The van der Waals surface area contributed by atoms with Crippen LogP contribution >= 0.6 is 11.8 Å². The maximum Gasteiger partial charge on any atom is 0.291 e. The van der Waals surface area contributed by atoms with Crippen molar-refractivity contribution < 1.29 is 14.3 Å². The Kier molecular flexibility index (Phi) is 5.96. The molecule has 1 heterocycles. The van der Waals surface area contributed by atoms with E-state index < -0.39 is 0 Å². The van der Waals surface area contributed by atoms with Crippen molar-refractivity contribution in [2.75, 3.05) is 17.7 Å².